The molecule has 1 unspecified atom stereocenters. The van der Waals surface area contributed by atoms with Gasteiger partial charge in [-0.05, 0) is 49.4 Å². The first-order chi connectivity index (χ1) is 9.58. The maximum Gasteiger partial charge on any atom is 0.130 e. The van der Waals surface area contributed by atoms with E-state index >= 15 is 0 Å². The van der Waals surface area contributed by atoms with Gasteiger partial charge in [-0.2, -0.15) is 0 Å². The van der Waals surface area contributed by atoms with Gasteiger partial charge in [0.15, 0.2) is 0 Å². The minimum atomic E-state index is 0.284. The van der Waals surface area contributed by atoms with Crippen LogP contribution in [-0.4, -0.2) is 6.54 Å². The first-order valence-corrected chi connectivity index (χ1v) is 7.31. The predicted molar refractivity (Wildman–Crippen MR) is 85.1 cm³/mol. The van der Waals surface area contributed by atoms with Crippen LogP contribution in [0.3, 0.4) is 0 Å². The minimum absolute atomic E-state index is 0.284. The molecule has 0 aromatic heterocycles. The van der Waals surface area contributed by atoms with Crippen molar-refractivity contribution in [3.8, 4) is 11.5 Å². The highest BCUT2D eigenvalue weighted by Crippen LogP contribution is 2.29. The topological polar surface area (TPSA) is 21.3 Å². The summed E-state index contributed by atoms with van der Waals surface area (Å²) in [5, 5.41) is 4.49. The number of hydrogen-bond donors (Lipinski definition) is 1. The third-order valence-corrected chi connectivity index (χ3v) is 3.38. The third-order valence-electron chi connectivity index (χ3n) is 2.94. The number of nitrogens with one attached hydrogen (secondary N) is 1. The van der Waals surface area contributed by atoms with Crippen molar-refractivity contribution in [1.82, 2.24) is 5.32 Å². The van der Waals surface area contributed by atoms with Crippen molar-refractivity contribution in [3.05, 3.63) is 58.1 Å². The van der Waals surface area contributed by atoms with Crippen molar-refractivity contribution in [3.63, 3.8) is 0 Å². The molecule has 1 N–H and O–H groups in total. The largest absolute Gasteiger partial charge is 0.457 e. The van der Waals surface area contributed by atoms with Gasteiger partial charge in [-0.1, -0.05) is 42.3 Å². The van der Waals surface area contributed by atoms with E-state index < -0.39 is 0 Å². The molecule has 20 heavy (non-hydrogen) atoms. The second kappa shape index (κ2) is 6.98. The number of ether oxygens (including phenoxy) is 1. The second-order valence-electron chi connectivity index (χ2n) is 4.56. The highest BCUT2D eigenvalue weighted by Gasteiger charge is 2.06. The molecule has 0 fully saturated rings. The van der Waals surface area contributed by atoms with Crippen molar-refractivity contribution in [1.29, 1.82) is 0 Å². The van der Waals surface area contributed by atoms with Gasteiger partial charge in [0.05, 0.1) is 0 Å². The number of benzene rings is 2. The lowest BCUT2D eigenvalue weighted by molar-refractivity contribution is 0.480. The standard InChI is InChI=1S/C16H17Cl2NO/c1-3-19-11(2)12-5-4-6-15(7-12)20-16-9-13(17)8-14(18)10-16/h4-11,19H,3H2,1-2H3. The lowest BCUT2D eigenvalue weighted by Crippen LogP contribution is -2.17. The summed E-state index contributed by atoms with van der Waals surface area (Å²) < 4.78 is 5.81. The minimum Gasteiger partial charge on any atom is -0.457 e. The van der Waals surface area contributed by atoms with E-state index in [-0.39, 0.29) is 6.04 Å². The van der Waals surface area contributed by atoms with Crippen LogP contribution in [0, 0.1) is 0 Å². The molecule has 0 saturated heterocycles. The van der Waals surface area contributed by atoms with Gasteiger partial charge in [0.2, 0.25) is 0 Å². The van der Waals surface area contributed by atoms with Crippen molar-refractivity contribution in [2.75, 3.05) is 6.54 Å². The molecule has 106 valence electrons. The first-order valence-electron chi connectivity index (χ1n) is 6.55. The highest BCUT2D eigenvalue weighted by atomic mass is 35.5. The molecule has 2 rings (SSSR count). The van der Waals surface area contributed by atoms with Crippen molar-refractivity contribution in [2.45, 2.75) is 19.9 Å². The van der Waals surface area contributed by atoms with E-state index in [0.717, 1.165) is 12.3 Å². The number of rotatable bonds is 5. The van der Waals surface area contributed by atoms with Crippen LogP contribution in [0.2, 0.25) is 10.0 Å². The quantitative estimate of drug-likeness (QED) is 0.792. The van der Waals surface area contributed by atoms with Gasteiger partial charge in [0, 0.05) is 16.1 Å². The zero-order valence-corrected chi connectivity index (χ0v) is 13.0. The number of halogens is 2. The molecular formula is C16H17Cl2NO. The van der Waals surface area contributed by atoms with E-state index in [1.807, 2.05) is 18.2 Å². The van der Waals surface area contributed by atoms with Crippen LogP contribution in [0.15, 0.2) is 42.5 Å². The Morgan fingerprint density at radius 2 is 1.75 bits per heavy atom. The fourth-order valence-electron chi connectivity index (χ4n) is 1.99. The smallest absolute Gasteiger partial charge is 0.130 e. The molecule has 0 aliphatic heterocycles. The van der Waals surface area contributed by atoms with Crippen LogP contribution >= 0.6 is 23.2 Å². The van der Waals surface area contributed by atoms with Gasteiger partial charge in [0.1, 0.15) is 11.5 Å². The van der Waals surface area contributed by atoms with Gasteiger partial charge >= 0.3 is 0 Å². The van der Waals surface area contributed by atoms with Gasteiger partial charge in [0.25, 0.3) is 0 Å². The Morgan fingerprint density at radius 3 is 2.40 bits per heavy atom. The molecule has 4 heteroatoms. The van der Waals surface area contributed by atoms with Gasteiger partial charge < -0.3 is 10.1 Å². The summed E-state index contributed by atoms with van der Waals surface area (Å²) in [6.07, 6.45) is 0. The molecule has 0 amide bonds. The molecule has 0 heterocycles. The molecule has 1 atom stereocenters. The van der Waals surface area contributed by atoms with Gasteiger partial charge in [-0.25, -0.2) is 0 Å². The molecule has 0 aliphatic rings. The average Bonchev–Trinajstić information content (AvgIpc) is 2.38. The summed E-state index contributed by atoms with van der Waals surface area (Å²) in [5.41, 5.74) is 1.18. The molecule has 0 saturated carbocycles. The van der Waals surface area contributed by atoms with Crippen molar-refractivity contribution in [2.24, 2.45) is 0 Å². The number of hydrogen-bond acceptors (Lipinski definition) is 2. The van der Waals surface area contributed by atoms with Crippen LogP contribution in [-0.2, 0) is 0 Å². The molecule has 2 aromatic carbocycles. The summed E-state index contributed by atoms with van der Waals surface area (Å²) in [6.45, 7) is 5.14. The molecule has 2 nitrogen and oxygen atoms in total. The molecule has 2 aromatic rings. The Labute approximate surface area is 129 Å². The summed E-state index contributed by atoms with van der Waals surface area (Å²) >= 11 is 11.9. The molecule has 0 radical (unpaired) electrons. The Balaban J connectivity index is 2.19. The summed E-state index contributed by atoms with van der Waals surface area (Å²) in [4.78, 5) is 0. The Bertz CT molecular complexity index is 566. The third kappa shape index (κ3) is 4.14. The summed E-state index contributed by atoms with van der Waals surface area (Å²) in [6, 6.07) is 13.4. The van der Waals surface area contributed by atoms with Crippen LogP contribution < -0.4 is 10.1 Å². The average molecular weight is 310 g/mol. The first kappa shape index (κ1) is 15.2. The molecule has 0 spiro atoms. The predicted octanol–water partition coefficient (Wildman–Crippen LogP) is 5.46. The Hall–Kier alpha value is -1.22. The highest BCUT2D eigenvalue weighted by molar-refractivity contribution is 6.34. The van der Waals surface area contributed by atoms with E-state index in [1.54, 1.807) is 18.2 Å². The normalized spacial score (nSPS) is 12.2. The maximum atomic E-state index is 5.96. The van der Waals surface area contributed by atoms with Crippen LogP contribution in [0.4, 0.5) is 0 Å². The monoisotopic (exact) mass is 309 g/mol. The lowest BCUT2D eigenvalue weighted by Gasteiger charge is -2.14. The zero-order valence-electron chi connectivity index (χ0n) is 11.5. The SMILES string of the molecule is CCNC(C)c1cccc(Oc2cc(Cl)cc(Cl)c2)c1. The Kier molecular flexibility index (Phi) is 5.30. The second-order valence-corrected chi connectivity index (χ2v) is 5.43. The lowest BCUT2D eigenvalue weighted by atomic mass is 10.1. The van der Waals surface area contributed by atoms with E-state index in [2.05, 4.69) is 25.2 Å². The van der Waals surface area contributed by atoms with Crippen LogP contribution in [0.1, 0.15) is 25.5 Å². The Morgan fingerprint density at radius 1 is 1.05 bits per heavy atom. The van der Waals surface area contributed by atoms with Gasteiger partial charge in [-0.3, -0.25) is 0 Å². The molecule has 0 bridgehead atoms. The molecular weight excluding hydrogens is 293 g/mol. The van der Waals surface area contributed by atoms with Crippen molar-refractivity contribution < 1.29 is 4.74 Å². The maximum absolute atomic E-state index is 5.96. The van der Waals surface area contributed by atoms with E-state index in [4.69, 9.17) is 27.9 Å². The van der Waals surface area contributed by atoms with E-state index in [9.17, 15) is 0 Å². The summed E-state index contributed by atoms with van der Waals surface area (Å²) in [5.74, 6) is 1.40. The van der Waals surface area contributed by atoms with E-state index in [0.29, 0.717) is 15.8 Å². The van der Waals surface area contributed by atoms with Crippen LogP contribution in [0.25, 0.3) is 0 Å². The summed E-state index contributed by atoms with van der Waals surface area (Å²) in [7, 11) is 0. The van der Waals surface area contributed by atoms with Crippen LogP contribution in [0.5, 0.6) is 11.5 Å². The van der Waals surface area contributed by atoms with Crippen molar-refractivity contribution >= 4 is 23.2 Å². The fourth-order valence-corrected chi connectivity index (χ4v) is 2.50. The van der Waals surface area contributed by atoms with E-state index in [1.165, 1.54) is 5.56 Å². The molecule has 0 aliphatic carbocycles. The van der Waals surface area contributed by atoms with Gasteiger partial charge in [-0.15, -0.1) is 0 Å². The zero-order chi connectivity index (χ0) is 14.5. The fraction of sp³-hybridized carbons (Fsp3) is 0.250.